The fraction of sp³-hybridized carbons (Fsp3) is 0.370. The molecule has 0 radical (unpaired) electrons. The molecule has 4 rings (SSSR count). The summed E-state index contributed by atoms with van der Waals surface area (Å²) < 4.78 is 109. The second-order valence-electron chi connectivity index (χ2n) is 10.2. The second kappa shape index (κ2) is 11.7. The summed E-state index contributed by atoms with van der Waals surface area (Å²) in [6.07, 6.45) is 1.05. The number of sulfonamides is 2. The van der Waals surface area contributed by atoms with Gasteiger partial charge in [-0.05, 0) is 55.0 Å². The van der Waals surface area contributed by atoms with E-state index in [4.69, 9.17) is 12.2 Å². The molecule has 1 aliphatic carbocycles. The van der Waals surface area contributed by atoms with Gasteiger partial charge in [0.2, 0.25) is 20.0 Å². The Balaban J connectivity index is 1.73. The molecule has 8 nitrogen and oxygen atoms in total. The Morgan fingerprint density at radius 3 is 2.19 bits per heavy atom. The number of alkyl halides is 3. The Labute approximate surface area is 247 Å². The van der Waals surface area contributed by atoms with E-state index in [0.29, 0.717) is 12.6 Å². The molecule has 2 aliphatic rings. The lowest BCUT2D eigenvalue weighted by molar-refractivity contribution is -0.258. The Bertz CT molecular complexity index is 1610. The van der Waals surface area contributed by atoms with Gasteiger partial charge in [0.05, 0.1) is 29.4 Å². The van der Waals surface area contributed by atoms with Crippen LogP contribution in [0, 0.1) is 5.82 Å². The zero-order valence-corrected chi connectivity index (χ0v) is 25.1. The molecule has 42 heavy (non-hydrogen) atoms. The number of aliphatic hydroxyl groups is 1. The van der Waals surface area contributed by atoms with Crippen LogP contribution in [0.1, 0.15) is 18.9 Å². The van der Waals surface area contributed by atoms with E-state index < -0.39 is 49.2 Å². The molecule has 15 heteroatoms. The van der Waals surface area contributed by atoms with Gasteiger partial charge in [-0.3, -0.25) is 4.31 Å². The van der Waals surface area contributed by atoms with E-state index in [1.54, 1.807) is 17.1 Å². The number of thiocarbonyl (C=S) groups is 1. The zero-order chi connectivity index (χ0) is 31.1. The lowest BCUT2D eigenvalue weighted by Gasteiger charge is -2.44. The highest BCUT2D eigenvalue weighted by Crippen LogP contribution is 2.39. The Morgan fingerprint density at radius 2 is 1.64 bits per heavy atom. The van der Waals surface area contributed by atoms with E-state index in [2.05, 4.69) is 0 Å². The first-order valence-electron chi connectivity index (χ1n) is 12.7. The van der Waals surface area contributed by atoms with E-state index >= 15 is 0 Å². The standard InChI is InChI=1S/C27H29F4N3O5S3/c1-26(35,27(29,30)31)19-7-11-21(12-8-19)33-16-15-32(42(38,39)25-6-4-3-5-24(25)40)17-23(33)18-34(41(2,36)37)22-13-9-20(28)10-14-22/h3-4,6-14,23,35H,5,15-18H2,1-2H3/t23-,26+/m1/s1. The van der Waals surface area contributed by atoms with Gasteiger partial charge < -0.3 is 10.0 Å². The van der Waals surface area contributed by atoms with Gasteiger partial charge in [-0.1, -0.05) is 36.5 Å². The van der Waals surface area contributed by atoms with Crippen LogP contribution in [-0.2, 0) is 25.6 Å². The number of rotatable bonds is 8. The first kappa shape index (κ1) is 32.1. The van der Waals surface area contributed by atoms with Gasteiger partial charge in [-0.2, -0.15) is 17.5 Å². The van der Waals surface area contributed by atoms with Crippen molar-refractivity contribution in [3.05, 3.63) is 83.0 Å². The molecule has 0 amide bonds. The fourth-order valence-electron chi connectivity index (χ4n) is 4.81. The first-order valence-corrected chi connectivity index (χ1v) is 16.4. The molecule has 2 aromatic rings. The average molecular weight is 648 g/mol. The molecule has 1 aliphatic heterocycles. The summed E-state index contributed by atoms with van der Waals surface area (Å²) in [4.78, 5) is 1.92. The number of halogens is 4. The van der Waals surface area contributed by atoms with Crippen LogP contribution >= 0.6 is 12.2 Å². The lowest BCUT2D eigenvalue weighted by Crippen LogP contribution is -2.59. The molecule has 2 atom stereocenters. The summed E-state index contributed by atoms with van der Waals surface area (Å²) >= 11 is 5.28. The SMILES string of the molecule is C[C@](O)(c1ccc(N2CCN(S(=O)(=O)C3=CC=CCC3=S)C[C@@H]2CN(c2ccc(F)cc2)S(C)(=O)=O)cc1)C(F)(F)F. The van der Waals surface area contributed by atoms with Crippen molar-refractivity contribution in [1.29, 1.82) is 0 Å². The van der Waals surface area contributed by atoms with Crippen molar-refractivity contribution in [3.63, 3.8) is 0 Å². The zero-order valence-electron chi connectivity index (χ0n) is 22.6. The third kappa shape index (κ3) is 6.54. The normalized spacial score (nSPS) is 20.3. The summed E-state index contributed by atoms with van der Waals surface area (Å²) in [5, 5.41) is 10.1. The van der Waals surface area contributed by atoms with Crippen LogP contribution in [0.4, 0.5) is 28.9 Å². The highest BCUT2D eigenvalue weighted by atomic mass is 32.2. The summed E-state index contributed by atoms with van der Waals surface area (Å²) in [7, 11) is -8.00. The maximum absolute atomic E-state index is 13.6. The molecule has 0 aromatic heterocycles. The van der Waals surface area contributed by atoms with E-state index in [-0.39, 0.29) is 48.1 Å². The van der Waals surface area contributed by atoms with Gasteiger partial charge in [0.1, 0.15) is 5.82 Å². The molecule has 0 saturated carbocycles. The summed E-state index contributed by atoms with van der Waals surface area (Å²) in [5.41, 5.74) is -2.96. The van der Waals surface area contributed by atoms with Gasteiger partial charge in [0.25, 0.3) is 0 Å². The Hall–Kier alpha value is -2.85. The van der Waals surface area contributed by atoms with Crippen LogP contribution in [0.15, 0.2) is 71.7 Å². The number of anilines is 2. The molecule has 1 saturated heterocycles. The maximum atomic E-state index is 13.6. The summed E-state index contributed by atoms with van der Waals surface area (Å²) in [5.74, 6) is -0.579. The van der Waals surface area contributed by atoms with Crippen molar-refractivity contribution >= 4 is 48.5 Å². The second-order valence-corrected chi connectivity index (χ2v) is 14.5. The van der Waals surface area contributed by atoms with Gasteiger partial charge in [0.15, 0.2) is 5.60 Å². The van der Waals surface area contributed by atoms with Crippen molar-refractivity contribution in [1.82, 2.24) is 4.31 Å². The highest BCUT2D eigenvalue weighted by Gasteiger charge is 2.51. The van der Waals surface area contributed by atoms with Gasteiger partial charge in [-0.25, -0.2) is 21.2 Å². The summed E-state index contributed by atoms with van der Waals surface area (Å²) in [6, 6.07) is 8.89. The van der Waals surface area contributed by atoms with E-state index in [1.165, 1.54) is 34.6 Å². The van der Waals surface area contributed by atoms with Crippen LogP contribution in [0.3, 0.4) is 0 Å². The molecular weight excluding hydrogens is 619 g/mol. The van der Waals surface area contributed by atoms with Gasteiger partial charge in [-0.15, -0.1) is 0 Å². The third-order valence-corrected chi connectivity index (χ3v) is 10.9. The lowest BCUT2D eigenvalue weighted by atomic mass is 9.95. The molecule has 0 unspecified atom stereocenters. The minimum atomic E-state index is -4.92. The van der Waals surface area contributed by atoms with E-state index in [1.807, 2.05) is 0 Å². The molecule has 1 fully saturated rings. The smallest absolute Gasteiger partial charge is 0.376 e. The van der Waals surface area contributed by atoms with Crippen molar-refractivity contribution in [3.8, 4) is 0 Å². The topological polar surface area (TPSA) is 98.2 Å². The fourth-order valence-corrected chi connectivity index (χ4v) is 7.82. The Morgan fingerprint density at radius 1 is 1.02 bits per heavy atom. The minimum absolute atomic E-state index is 0.0139. The maximum Gasteiger partial charge on any atom is 0.421 e. The number of hydrogen-bond acceptors (Lipinski definition) is 7. The minimum Gasteiger partial charge on any atom is -0.376 e. The van der Waals surface area contributed by atoms with Gasteiger partial charge >= 0.3 is 6.18 Å². The molecule has 1 heterocycles. The molecule has 228 valence electrons. The van der Waals surface area contributed by atoms with E-state index in [0.717, 1.165) is 34.8 Å². The predicted octanol–water partition coefficient (Wildman–Crippen LogP) is 4.10. The van der Waals surface area contributed by atoms with Crippen LogP contribution in [0.25, 0.3) is 0 Å². The molecule has 0 bridgehead atoms. The number of hydrogen-bond donors (Lipinski definition) is 1. The molecule has 2 aromatic carbocycles. The molecule has 0 spiro atoms. The molecular formula is C27H29F4N3O5S3. The van der Waals surface area contributed by atoms with Crippen LogP contribution in [0.2, 0.25) is 0 Å². The third-order valence-electron chi connectivity index (χ3n) is 7.23. The number of benzene rings is 2. The number of allylic oxidation sites excluding steroid dienone is 4. The van der Waals surface area contributed by atoms with E-state index in [9.17, 15) is 39.5 Å². The Kier molecular flexibility index (Phi) is 8.92. The van der Waals surface area contributed by atoms with Crippen molar-refractivity contribution in [2.45, 2.75) is 31.2 Å². The van der Waals surface area contributed by atoms with Crippen LogP contribution in [0.5, 0.6) is 0 Å². The van der Waals surface area contributed by atoms with Gasteiger partial charge in [0, 0.05) is 36.6 Å². The van der Waals surface area contributed by atoms with Crippen LogP contribution < -0.4 is 9.21 Å². The number of piperazine rings is 1. The predicted molar refractivity (Wildman–Crippen MR) is 157 cm³/mol. The largest absolute Gasteiger partial charge is 0.421 e. The monoisotopic (exact) mass is 647 g/mol. The van der Waals surface area contributed by atoms with Crippen molar-refractivity contribution in [2.24, 2.45) is 0 Å². The van der Waals surface area contributed by atoms with Crippen molar-refractivity contribution in [2.75, 3.05) is 41.6 Å². The number of nitrogens with zero attached hydrogens (tertiary/aromatic N) is 3. The molecule has 1 N–H and O–H groups in total. The van der Waals surface area contributed by atoms with Crippen LogP contribution in [-0.4, -0.2) is 75.8 Å². The van der Waals surface area contributed by atoms with Crippen molar-refractivity contribution < 1.29 is 39.5 Å². The quantitative estimate of drug-likeness (QED) is 0.341. The summed E-state index contributed by atoms with van der Waals surface area (Å²) in [6.45, 7) is 0.250. The highest BCUT2D eigenvalue weighted by molar-refractivity contribution is 7.96. The first-order chi connectivity index (χ1) is 19.4. The average Bonchev–Trinajstić information content (AvgIpc) is 2.91.